The average molecular weight is 323 g/mol. The van der Waals surface area contributed by atoms with Crippen molar-refractivity contribution in [2.45, 2.75) is 19.8 Å². The van der Waals surface area contributed by atoms with E-state index in [0.29, 0.717) is 5.82 Å². The van der Waals surface area contributed by atoms with Gasteiger partial charge in [-0.15, -0.1) is 0 Å². The van der Waals surface area contributed by atoms with E-state index in [0.717, 1.165) is 21.5 Å². The van der Waals surface area contributed by atoms with E-state index < -0.39 is 0 Å². The van der Waals surface area contributed by atoms with Crippen molar-refractivity contribution in [2.24, 2.45) is 0 Å². The van der Waals surface area contributed by atoms with Gasteiger partial charge in [0.25, 0.3) is 5.56 Å². The first-order valence-electron chi connectivity index (χ1n) is 5.96. The third kappa shape index (κ3) is 3.04. The van der Waals surface area contributed by atoms with Crippen molar-refractivity contribution >= 4 is 15.9 Å². The van der Waals surface area contributed by atoms with E-state index in [1.165, 1.54) is 6.07 Å². The molecule has 4 nitrogen and oxygen atoms in total. The van der Waals surface area contributed by atoms with Crippen molar-refractivity contribution in [3.05, 3.63) is 44.8 Å². The van der Waals surface area contributed by atoms with E-state index in [1.807, 2.05) is 32.0 Å². The second-order valence-electron chi connectivity index (χ2n) is 4.52. The number of hydrogen-bond donors (Lipinski definition) is 1. The fourth-order valence-electron chi connectivity index (χ4n) is 1.72. The fourth-order valence-corrected chi connectivity index (χ4v) is 2.26. The SMILES string of the molecule is COc1ccc(-c2nc(C(C)C)cc(=O)[nH]2)cc1Br. The number of methoxy groups -OCH3 is 1. The topological polar surface area (TPSA) is 55.0 Å². The van der Waals surface area contributed by atoms with Crippen molar-refractivity contribution in [1.82, 2.24) is 9.97 Å². The molecule has 0 saturated carbocycles. The van der Waals surface area contributed by atoms with Gasteiger partial charge in [0, 0.05) is 11.6 Å². The van der Waals surface area contributed by atoms with Crippen molar-refractivity contribution in [3.63, 3.8) is 0 Å². The molecule has 0 amide bonds. The summed E-state index contributed by atoms with van der Waals surface area (Å²) >= 11 is 3.43. The molecule has 100 valence electrons. The number of hydrogen-bond acceptors (Lipinski definition) is 3. The lowest BCUT2D eigenvalue weighted by atomic mass is 10.1. The van der Waals surface area contributed by atoms with E-state index >= 15 is 0 Å². The first-order chi connectivity index (χ1) is 9.01. The Hall–Kier alpha value is -1.62. The summed E-state index contributed by atoms with van der Waals surface area (Å²) in [7, 11) is 1.61. The van der Waals surface area contributed by atoms with Crippen LogP contribution in [0.3, 0.4) is 0 Å². The van der Waals surface area contributed by atoms with E-state index in [4.69, 9.17) is 4.74 Å². The smallest absolute Gasteiger partial charge is 0.251 e. The Kier molecular flexibility index (Phi) is 4.04. The molecule has 0 spiro atoms. The van der Waals surface area contributed by atoms with E-state index in [9.17, 15) is 4.79 Å². The zero-order valence-electron chi connectivity index (χ0n) is 11.0. The lowest BCUT2D eigenvalue weighted by Gasteiger charge is -2.08. The molecular formula is C14H15BrN2O2. The predicted octanol–water partition coefficient (Wildman–Crippen LogP) is 3.33. The van der Waals surface area contributed by atoms with Gasteiger partial charge < -0.3 is 9.72 Å². The molecule has 0 aliphatic rings. The van der Waals surface area contributed by atoms with Crippen molar-refractivity contribution in [1.29, 1.82) is 0 Å². The van der Waals surface area contributed by atoms with Gasteiger partial charge in [-0.25, -0.2) is 4.98 Å². The first-order valence-corrected chi connectivity index (χ1v) is 6.75. The van der Waals surface area contributed by atoms with Crippen LogP contribution in [0.25, 0.3) is 11.4 Å². The van der Waals surface area contributed by atoms with E-state index in [-0.39, 0.29) is 11.5 Å². The van der Waals surface area contributed by atoms with Crippen LogP contribution in [0.2, 0.25) is 0 Å². The molecular weight excluding hydrogens is 308 g/mol. The highest BCUT2D eigenvalue weighted by atomic mass is 79.9. The lowest BCUT2D eigenvalue weighted by molar-refractivity contribution is 0.412. The van der Waals surface area contributed by atoms with Gasteiger partial charge in [-0.1, -0.05) is 13.8 Å². The molecule has 0 unspecified atom stereocenters. The average Bonchev–Trinajstić information content (AvgIpc) is 2.37. The van der Waals surface area contributed by atoms with Gasteiger partial charge in [0.2, 0.25) is 0 Å². The summed E-state index contributed by atoms with van der Waals surface area (Å²) in [5, 5.41) is 0. The second-order valence-corrected chi connectivity index (χ2v) is 5.38. The van der Waals surface area contributed by atoms with Gasteiger partial charge in [-0.3, -0.25) is 4.79 Å². The summed E-state index contributed by atoms with van der Waals surface area (Å²) in [5.41, 5.74) is 1.48. The fraction of sp³-hybridized carbons (Fsp3) is 0.286. The van der Waals surface area contributed by atoms with Gasteiger partial charge in [-0.2, -0.15) is 0 Å². The molecule has 0 bridgehead atoms. The minimum absolute atomic E-state index is 0.138. The molecule has 1 aromatic heterocycles. The quantitative estimate of drug-likeness (QED) is 0.943. The van der Waals surface area contributed by atoms with Gasteiger partial charge in [-0.05, 0) is 40.0 Å². The van der Waals surface area contributed by atoms with Crippen LogP contribution in [0.15, 0.2) is 33.5 Å². The molecule has 1 heterocycles. The molecule has 5 heteroatoms. The molecule has 1 aromatic carbocycles. The molecule has 0 radical (unpaired) electrons. The Morgan fingerprint density at radius 2 is 2.05 bits per heavy atom. The van der Waals surface area contributed by atoms with Crippen LogP contribution < -0.4 is 10.3 Å². The Bertz CT molecular complexity index is 650. The van der Waals surface area contributed by atoms with E-state index in [1.54, 1.807) is 7.11 Å². The number of aromatic amines is 1. The highest BCUT2D eigenvalue weighted by Gasteiger charge is 2.09. The molecule has 0 saturated heterocycles. The Labute approximate surface area is 120 Å². The number of halogens is 1. The van der Waals surface area contributed by atoms with Crippen LogP contribution in [-0.2, 0) is 0 Å². The Balaban J connectivity index is 2.52. The van der Waals surface area contributed by atoms with Gasteiger partial charge in [0.05, 0.1) is 17.3 Å². The zero-order valence-corrected chi connectivity index (χ0v) is 12.6. The molecule has 2 rings (SSSR count). The molecule has 0 atom stereocenters. The van der Waals surface area contributed by atoms with E-state index in [2.05, 4.69) is 25.9 Å². The predicted molar refractivity (Wildman–Crippen MR) is 78.6 cm³/mol. The summed E-state index contributed by atoms with van der Waals surface area (Å²) in [6.45, 7) is 4.02. The Morgan fingerprint density at radius 3 is 2.63 bits per heavy atom. The summed E-state index contributed by atoms with van der Waals surface area (Å²) in [6, 6.07) is 7.11. The largest absolute Gasteiger partial charge is 0.496 e. The van der Waals surface area contributed by atoms with Crippen LogP contribution in [0.5, 0.6) is 5.75 Å². The monoisotopic (exact) mass is 322 g/mol. The molecule has 1 N–H and O–H groups in total. The highest BCUT2D eigenvalue weighted by Crippen LogP contribution is 2.29. The maximum atomic E-state index is 11.7. The Morgan fingerprint density at radius 1 is 1.32 bits per heavy atom. The number of nitrogens with zero attached hydrogens (tertiary/aromatic N) is 1. The lowest BCUT2D eigenvalue weighted by Crippen LogP contribution is -2.11. The summed E-state index contributed by atoms with van der Waals surface area (Å²) in [4.78, 5) is 18.9. The molecule has 0 fully saturated rings. The van der Waals surface area contributed by atoms with Crippen molar-refractivity contribution in [2.75, 3.05) is 7.11 Å². The van der Waals surface area contributed by atoms with Crippen LogP contribution in [0, 0.1) is 0 Å². The highest BCUT2D eigenvalue weighted by molar-refractivity contribution is 9.10. The minimum atomic E-state index is -0.138. The summed E-state index contributed by atoms with van der Waals surface area (Å²) in [5.74, 6) is 1.52. The third-order valence-electron chi connectivity index (χ3n) is 2.78. The number of rotatable bonds is 3. The maximum absolute atomic E-state index is 11.7. The molecule has 19 heavy (non-hydrogen) atoms. The zero-order chi connectivity index (χ0) is 14.0. The van der Waals surface area contributed by atoms with Crippen molar-refractivity contribution in [3.8, 4) is 17.1 Å². The van der Waals surface area contributed by atoms with Crippen LogP contribution in [0.1, 0.15) is 25.5 Å². The number of nitrogens with one attached hydrogen (secondary N) is 1. The maximum Gasteiger partial charge on any atom is 0.251 e. The number of ether oxygens (including phenoxy) is 1. The van der Waals surface area contributed by atoms with Crippen LogP contribution in [0.4, 0.5) is 0 Å². The number of aromatic nitrogens is 2. The van der Waals surface area contributed by atoms with Crippen LogP contribution >= 0.6 is 15.9 Å². The summed E-state index contributed by atoms with van der Waals surface area (Å²) in [6.07, 6.45) is 0. The summed E-state index contributed by atoms with van der Waals surface area (Å²) < 4.78 is 6.01. The number of benzene rings is 1. The standard InChI is InChI=1S/C14H15BrN2O2/c1-8(2)11-7-13(18)17-14(16-11)9-4-5-12(19-3)10(15)6-9/h4-8H,1-3H3,(H,16,17,18). The normalized spacial score (nSPS) is 10.8. The first kappa shape index (κ1) is 13.8. The second kappa shape index (κ2) is 5.57. The minimum Gasteiger partial charge on any atom is -0.496 e. The van der Waals surface area contributed by atoms with Gasteiger partial charge in [0.1, 0.15) is 11.6 Å². The van der Waals surface area contributed by atoms with Gasteiger partial charge in [0.15, 0.2) is 0 Å². The van der Waals surface area contributed by atoms with Crippen LogP contribution in [-0.4, -0.2) is 17.1 Å². The molecule has 0 aliphatic heterocycles. The molecule has 0 aliphatic carbocycles. The van der Waals surface area contributed by atoms with Crippen molar-refractivity contribution < 1.29 is 4.74 Å². The number of H-pyrrole nitrogens is 1. The van der Waals surface area contributed by atoms with Gasteiger partial charge >= 0.3 is 0 Å². The molecule has 2 aromatic rings. The third-order valence-corrected chi connectivity index (χ3v) is 3.40.